The lowest BCUT2D eigenvalue weighted by molar-refractivity contribution is -0.122. The third-order valence-electron chi connectivity index (χ3n) is 4.99. The van der Waals surface area contributed by atoms with Crippen LogP contribution in [-0.4, -0.2) is 58.8 Å². The fourth-order valence-electron chi connectivity index (χ4n) is 3.36. The Hall–Kier alpha value is -2.40. The van der Waals surface area contributed by atoms with Gasteiger partial charge < -0.3 is 15.2 Å². The molecule has 3 rings (SSSR count). The van der Waals surface area contributed by atoms with Crippen LogP contribution >= 0.6 is 11.8 Å². The average molecular weight is 452 g/mol. The zero-order valence-corrected chi connectivity index (χ0v) is 18.8. The first-order valence-electron chi connectivity index (χ1n) is 9.51. The van der Waals surface area contributed by atoms with Crippen molar-refractivity contribution in [1.29, 1.82) is 0 Å². The standard InChI is InChI=1S/C19H25N5O4S2/c1-12-5-4-6-13(2)17(12)21-15(25)9-20-16(26)10-29-19-23-22-18(24(19)3)14-7-8-30(27,28)11-14/h4-6,14H,7-11H2,1-3H3,(H,20,26)(H,21,25). The summed E-state index contributed by atoms with van der Waals surface area (Å²) in [5.74, 6) is 0.181. The van der Waals surface area contributed by atoms with E-state index in [9.17, 15) is 18.0 Å². The van der Waals surface area contributed by atoms with Crippen LogP contribution in [-0.2, 0) is 26.5 Å². The van der Waals surface area contributed by atoms with Gasteiger partial charge in [0.25, 0.3) is 0 Å². The lowest BCUT2D eigenvalue weighted by atomic mass is 10.1. The lowest BCUT2D eigenvalue weighted by Gasteiger charge is -2.12. The highest BCUT2D eigenvalue weighted by atomic mass is 32.2. The van der Waals surface area contributed by atoms with Gasteiger partial charge >= 0.3 is 0 Å². The van der Waals surface area contributed by atoms with Crippen LogP contribution in [0, 0.1) is 13.8 Å². The van der Waals surface area contributed by atoms with Crippen LogP contribution < -0.4 is 10.6 Å². The first-order valence-corrected chi connectivity index (χ1v) is 12.3. The smallest absolute Gasteiger partial charge is 0.243 e. The Balaban J connectivity index is 1.48. The molecular formula is C19H25N5O4S2. The minimum absolute atomic E-state index is 0.0750. The summed E-state index contributed by atoms with van der Waals surface area (Å²) in [5.41, 5.74) is 2.67. The first-order chi connectivity index (χ1) is 14.2. The van der Waals surface area contributed by atoms with Crippen molar-refractivity contribution < 1.29 is 18.0 Å². The molecule has 1 saturated heterocycles. The Morgan fingerprint density at radius 2 is 1.90 bits per heavy atom. The van der Waals surface area contributed by atoms with E-state index in [0.717, 1.165) is 16.8 Å². The molecule has 0 saturated carbocycles. The second kappa shape index (κ2) is 9.17. The molecule has 0 aliphatic carbocycles. The summed E-state index contributed by atoms with van der Waals surface area (Å²) in [5, 5.41) is 14.1. The molecule has 0 bridgehead atoms. The van der Waals surface area contributed by atoms with Gasteiger partial charge in [-0.1, -0.05) is 30.0 Å². The molecule has 1 aliphatic heterocycles. The second-order valence-corrected chi connectivity index (χ2v) is 10.6. The van der Waals surface area contributed by atoms with E-state index in [1.807, 2.05) is 32.0 Å². The number of hydrogen-bond acceptors (Lipinski definition) is 7. The Kier molecular flexibility index (Phi) is 6.81. The second-order valence-electron chi connectivity index (χ2n) is 7.38. The summed E-state index contributed by atoms with van der Waals surface area (Å²) in [6, 6.07) is 5.74. The molecule has 1 fully saturated rings. The number of sulfone groups is 1. The SMILES string of the molecule is Cc1cccc(C)c1NC(=O)CNC(=O)CSc1nnc(C2CCS(=O)(=O)C2)n1C. The summed E-state index contributed by atoms with van der Waals surface area (Å²) >= 11 is 1.19. The van der Waals surface area contributed by atoms with Crippen LogP contribution in [0.15, 0.2) is 23.4 Å². The van der Waals surface area contributed by atoms with Gasteiger partial charge in [-0.15, -0.1) is 10.2 Å². The van der Waals surface area contributed by atoms with Gasteiger partial charge in [0.15, 0.2) is 15.0 Å². The van der Waals surface area contributed by atoms with E-state index >= 15 is 0 Å². The van der Waals surface area contributed by atoms with Gasteiger partial charge in [0.1, 0.15) is 5.82 Å². The van der Waals surface area contributed by atoms with E-state index in [0.29, 0.717) is 17.4 Å². The number of carbonyl (C=O) groups is 2. The molecule has 2 amide bonds. The topological polar surface area (TPSA) is 123 Å². The number of anilines is 1. The van der Waals surface area contributed by atoms with Crippen LogP contribution in [0.2, 0.25) is 0 Å². The minimum Gasteiger partial charge on any atom is -0.346 e. The Bertz CT molecular complexity index is 1040. The molecule has 0 spiro atoms. The Labute approximate surface area is 179 Å². The highest BCUT2D eigenvalue weighted by Gasteiger charge is 2.32. The van der Waals surface area contributed by atoms with E-state index in [2.05, 4.69) is 20.8 Å². The molecule has 9 nitrogen and oxygen atoms in total. The van der Waals surface area contributed by atoms with Crippen molar-refractivity contribution in [3.63, 3.8) is 0 Å². The zero-order valence-electron chi connectivity index (χ0n) is 17.1. The number of benzene rings is 1. The zero-order chi connectivity index (χ0) is 21.9. The van der Waals surface area contributed by atoms with Gasteiger partial charge in [0.05, 0.1) is 23.8 Å². The third kappa shape index (κ3) is 5.39. The van der Waals surface area contributed by atoms with E-state index in [1.54, 1.807) is 11.6 Å². The molecule has 1 aliphatic rings. The molecule has 2 aromatic rings. The maximum atomic E-state index is 12.1. The van der Waals surface area contributed by atoms with Crippen molar-refractivity contribution in [2.24, 2.45) is 7.05 Å². The molecule has 0 radical (unpaired) electrons. The number of aryl methyl sites for hydroxylation is 2. The van der Waals surface area contributed by atoms with Crippen molar-refractivity contribution in [1.82, 2.24) is 20.1 Å². The minimum atomic E-state index is -3.01. The summed E-state index contributed by atoms with van der Waals surface area (Å²) in [4.78, 5) is 24.3. The normalized spacial score (nSPS) is 17.6. The molecule has 1 atom stereocenters. The van der Waals surface area contributed by atoms with Crippen molar-refractivity contribution in [3.05, 3.63) is 35.2 Å². The number of rotatable bonds is 7. The van der Waals surface area contributed by atoms with Gasteiger partial charge in [0, 0.05) is 18.7 Å². The molecule has 2 heterocycles. The quantitative estimate of drug-likeness (QED) is 0.606. The highest BCUT2D eigenvalue weighted by molar-refractivity contribution is 7.99. The number of amides is 2. The van der Waals surface area contributed by atoms with E-state index in [4.69, 9.17) is 0 Å². The summed E-state index contributed by atoms with van der Waals surface area (Å²) in [7, 11) is -1.25. The number of para-hydroxylation sites is 1. The van der Waals surface area contributed by atoms with Gasteiger partial charge in [-0.2, -0.15) is 0 Å². The van der Waals surface area contributed by atoms with Crippen LogP contribution in [0.4, 0.5) is 5.69 Å². The van der Waals surface area contributed by atoms with Gasteiger partial charge in [0.2, 0.25) is 11.8 Å². The fraction of sp³-hybridized carbons (Fsp3) is 0.474. The van der Waals surface area contributed by atoms with Crippen molar-refractivity contribution >= 4 is 39.1 Å². The predicted octanol–water partition coefficient (Wildman–Crippen LogP) is 1.18. The first kappa shape index (κ1) is 22.3. The maximum Gasteiger partial charge on any atom is 0.243 e. The van der Waals surface area contributed by atoms with E-state index in [1.165, 1.54) is 11.8 Å². The van der Waals surface area contributed by atoms with Crippen LogP contribution in [0.3, 0.4) is 0 Å². The average Bonchev–Trinajstić information content (AvgIpc) is 3.23. The summed E-state index contributed by atoms with van der Waals surface area (Å²) in [6.45, 7) is 3.69. The molecule has 11 heteroatoms. The monoisotopic (exact) mass is 451 g/mol. The predicted molar refractivity (Wildman–Crippen MR) is 115 cm³/mol. The molecule has 30 heavy (non-hydrogen) atoms. The molecule has 162 valence electrons. The van der Waals surface area contributed by atoms with E-state index < -0.39 is 9.84 Å². The number of thioether (sulfide) groups is 1. The van der Waals surface area contributed by atoms with E-state index in [-0.39, 0.29) is 41.5 Å². The van der Waals surface area contributed by atoms with Crippen molar-refractivity contribution in [2.75, 3.05) is 29.1 Å². The van der Waals surface area contributed by atoms with Crippen LogP contribution in [0.5, 0.6) is 0 Å². The van der Waals surface area contributed by atoms with Crippen LogP contribution in [0.25, 0.3) is 0 Å². The maximum absolute atomic E-state index is 12.1. The summed E-state index contributed by atoms with van der Waals surface area (Å²) < 4.78 is 25.1. The van der Waals surface area contributed by atoms with Crippen molar-refractivity contribution in [3.8, 4) is 0 Å². The molecular weight excluding hydrogens is 426 g/mol. The number of nitrogens with zero attached hydrogens (tertiary/aromatic N) is 3. The lowest BCUT2D eigenvalue weighted by Crippen LogP contribution is -2.34. The number of aromatic nitrogens is 3. The molecule has 1 aromatic heterocycles. The van der Waals surface area contributed by atoms with Gasteiger partial charge in [-0.3, -0.25) is 9.59 Å². The third-order valence-corrected chi connectivity index (χ3v) is 7.78. The molecule has 1 aromatic carbocycles. The number of nitrogens with one attached hydrogen (secondary N) is 2. The Morgan fingerprint density at radius 1 is 1.20 bits per heavy atom. The van der Waals surface area contributed by atoms with Crippen LogP contribution in [0.1, 0.15) is 29.3 Å². The van der Waals surface area contributed by atoms with Gasteiger partial charge in [-0.05, 0) is 31.4 Å². The van der Waals surface area contributed by atoms with Crippen molar-refractivity contribution in [2.45, 2.75) is 31.3 Å². The molecule has 2 N–H and O–H groups in total. The number of hydrogen-bond donors (Lipinski definition) is 2. The largest absolute Gasteiger partial charge is 0.346 e. The number of carbonyl (C=O) groups excluding carboxylic acids is 2. The Morgan fingerprint density at radius 3 is 2.53 bits per heavy atom. The fourth-order valence-corrected chi connectivity index (χ4v) is 5.85. The van der Waals surface area contributed by atoms with Gasteiger partial charge in [-0.25, -0.2) is 8.42 Å². The highest BCUT2D eigenvalue weighted by Crippen LogP contribution is 2.29. The summed E-state index contributed by atoms with van der Waals surface area (Å²) in [6.07, 6.45) is 0.537. The molecule has 1 unspecified atom stereocenters.